The van der Waals surface area contributed by atoms with Gasteiger partial charge in [0.2, 0.25) is 0 Å². The van der Waals surface area contributed by atoms with Gasteiger partial charge in [0, 0.05) is 19.9 Å². The van der Waals surface area contributed by atoms with Crippen LogP contribution in [0.25, 0.3) is 0 Å². The number of nitrogens with one attached hydrogen (secondary N) is 1. The fourth-order valence-electron chi connectivity index (χ4n) is 1.90. The van der Waals surface area contributed by atoms with Crippen LogP contribution in [0.3, 0.4) is 0 Å². The molecule has 0 bridgehead atoms. The average molecular weight is 221 g/mol. The maximum absolute atomic E-state index is 12.1. The molecule has 0 aliphatic carbocycles. The van der Waals surface area contributed by atoms with Crippen LogP contribution in [0.15, 0.2) is 18.3 Å². The summed E-state index contributed by atoms with van der Waals surface area (Å²) in [5.41, 5.74) is 6.15. The predicted octanol–water partition coefficient (Wildman–Crippen LogP) is 0.223. The zero-order chi connectivity index (χ0) is 11.5. The van der Waals surface area contributed by atoms with Gasteiger partial charge in [0.15, 0.2) is 5.78 Å². The first-order valence-corrected chi connectivity index (χ1v) is 5.23. The Balaban J connectivity index is 2.12. The van der Waals surface area contributed by atoms with Crippen molar-refractivity contribution in [1.29, 1.82) is 0 Å². The number of rotatable bonds is 3. The Morgan fingerprint density at radius 3 is 3.12 bits per heavy atom. The van der Waals surface area contributed by atoms with Crippen LogP contribution in [0.5, 0.6) is 0 Å². The molecule has 2 atom stereocenters. The van der Waals surface area contributed by atoms with Gasteiger partial charge >= 0.3 is 0 Å². The van der Waals surface area contributed by atoms with E-state index in [0.717, 1.165) is 0 Å². The maximum Gasteiger partial charge on any atom is 0.183 e. The van der Waals surface area contributed by atoms with Gasteiger partial charge in [0.25, 0.3) is 0 Å². The highest BCUT2D eigenvalue weighted by atomic mass is 16.5. The number of carbonyl (C=O) groups excluding carboxylic acids is 1. The van der Waals surface area contributed by atoms with Crippen LogP contribution in [0, 0.1) is 0 Å². The number of ether oxygens (including phenoxy) is 1. The molecule has 2 heterocycles. The molecule has 5 heteroatoms. The summed E-state index contributed by atoms with van der Waals surface area (Å²) in [6.45, 7) is 0.701. The van der Waals surface area contributed by atoms with E-state index in [2.05, 4.69) is 10.3 Å². The van der Waals surface area contributed by atoms with E-state index in [9.17, 15) is 4.79 Å². The summed E-state index contributed by atoms with van der Waals surface area (Å²) in [5, 5.41) is 3.13. The van der Waals surface area contributed by atoms with E-state index in [4.69, 9.17) is 10.5 Å². The van der Waals surface area contributed by atoms with Crippen LogP contribution in [-0.2, 0) is 4.74 Å². The smallest absolute Gasteiger partial charge is 0.183 e. The summed E-state index contributed by atoms with van der Waals surface area (Å²) in [6.07, 6.45) is 2.36. The van der Waals surface area contributed by atoms with Gasteiger partial charge in [-0.1, -0.05) is 0 Å². The first-order valence-electron chi connectivity index (χ1n) is 5.23. The highest BCUT2D eigenvalue weighted by molar-refractivity contribution is 6.03. The lowest BCUT2D eigenvalue weighted by atomic mass is 10.0. The van der Waals surface area contributed by atoms with Crippen molar-refractivity contribution >= 4 is 11.6 Å². The van der Waals surface area contributed by atoms with Crippen molar-refractivity contribution in [2.24, 2.45) is 0 Å². The molecule has 5 nitrogen and oxygen atoms in total. The Kier molecular flexibility index (Phi) is 3.17. The van der Waals surface area contributed by atoms with Gasteiger partial charge in [0.1, 0.15) is 5.82 Å². The van der Waals surface area contributed by atoms with Crippen LogP contribution in [-0.4, -0.2) is 36.6 Å². The van der Waals surface area contributed by atoms with Crippen molar-refractivity contribution in [3.63, 3.8) is 0 Å². The highest BCUT2D eigenvalue weighted by Gasteiger charge is 2.30. The zero-order valence-electron chi connectivity index (χ0n) is 9.14. The molecule has 1 saturated heterocycles. The molecule has 2 rings (SSSR count). The van der Waals surface area contributed by atoms with E-state index in [-0.39, 0.29) is 23.7 Å². The Morgan fingerprint density at radius 1 is 1.69 bits per heavy atom. The predicted molar refractivity (Wildman–Crippen MR) is 60.2 cm³/mol. The number of carbonyl (C=O) groups is 1. The lowest BCUT2D eigenvalue weighted by Gasteiger charge is -2.10. The molecule has 1 aromatic rings. The average Bonchev–Trinajstić information content (AvgIpc) is 2.77. The summed E-state index contributed by atoms with van der Waals surface area (Å²) < 4.78 is 5.20. The molecule has 2 unspecified atom stereocenters. The van der Waals surface area contributed by atoms with Gasteiger partial charge in [-0.25, -0.2) is 4.98 Å². The van der Waals surface area contributed by atoms with Crippen molar-refractivity contribution in [2.75, 3.05) is 19.4 Å². The van der Waals surface area contributed by atoms with Gasteiger partial charge in [-0.15, -0.1) is 0 Å². The first-order chi connectivity index (χ1) is 7.72. The van der Waals surface area contributed by atoms with Crippen LogP contribution in [0.4, 0.5) is 5.82 Å². The number of nitrogens with zero attached hydrogens (tertiary/aromatic N) is 1. The standard InChI is InChI=1S/C11H15N3O2/c1-16-7-5-9(14-6-7)10(15)8-3-2-4-13-11(8)12/h2-4,7,9,14H,5-6H2,1H3,(H2,12,13). The van der Waals surface area contributed by atoms with E-state index < -0.39 is 0 Å². The summed E-state index contributed by atoms with van der Waals surface area (Å²) in [5.74, 6) is 0.278. The third-order valence-corrected chi connectivity index (χ3v) is 2.84. The lowest BCUT2D eigenvalue weighted by molar-refractivity contribution is 0.0919. The number of nitrogen functional groups attached to an aromatic ring is 1. The number of ketones is 1. The molecular weight excluding hydrogens is 206 g/mol. The number of nitrogens with two attached hydrogens (primary N) is 1. The fourth-order valence-corrected chi connectivity index (χ4v) is 1.90. The molecular formula is C11H15N3O2. The zero-order valence-corrected chi connectivity index (χ0v) is 9.14. The summed E-state index contributed by atoms with van der Waals surface area (Å²) >= 11 is 0. The molecule has 1 aromatic heterocycles. The normalized spacial score (nSPS) is 24.6. The van der Waals surface area contributed by atoms with Gasteiger partial charge < -0.3 is 15.8 Å². The maximum atomic E-state index is 12.1. The fraction of sp³-hybridized carbons (Fsp3) is 0.455. The van der Waals surface area contributed by atoms with E-state index in [1.165, 1.54) is 0 Å². The molecule has 0 amide bonds. The lowest BCUT2D eigenvalue weighted by Crippen LogP contribution is -2.31. The summed E-state index contributed by atoms with van der Waals surface area (Å²) in [4.78, 5) is 16.0. The number of methoxy groups -OCH3 is 1. The van der Waals surface area contributed by atoms with Crippen LogP contribution in [0.1, 0.15) is 16.8 Å². The van der Waals surface area contributed by atoms with Gasteiger partial charge in [-0.2, -0.15) is 0 Å². The van der Waals surface area contributed by atoms with Crippen LogP contribution in [0.2, 0.25) is 0 Å². The molecule has 16 heavy (non-hydrogen) atoms. The molecule has 0 spiro atoms. The topological polar surface area (TPSA) is 77.2 Å². The van der Waals surface area contributed by atoms with Crippen molar-refractivity contribution < 1.29 is 9.53 Å². The van der Waals surface area contributed by atoms with E-state index >= 15 is 0 Å². The third kappa shape index (κ3) is 2.05. The quantitative estimate of drug-likeness (QED) is 0.714. The van der Waals surface area contributed by atoms with E-state index in [1.807, 2.05) is 0 Å². The molecule has 3 N–H and O–H groups in total. The number of anilines is 1. The minimum atomic E-state index is -0.212. The number of Topliss-reactive ketones (excluding diaryl/α,β-unsaturated/α-hetero) is 1. The molecule has 1 aliphatic heterocycles. The van der Waals surface area contributed by atoms with E-state index in [0.29, 0.717) is 18.5 Å². The first kappa shape index (κ1) is 11.0. The van der Waals surface area contributed by atoms with Gasteiger partial charge in [-0.05, 0) is 18.6 Å². The van der Waals surface area contributed by atoms with Crippen molar-refractivity contribution in [3.05, 3.63) is 23.9 Å². The minimum absolute atomic E-state index is 0.00912. The highest BCUT2D eigenvalue weighted by Crippen LogP contribution is 2.17. The number of aromatic nitrogens is 1. The number of hydrogen-bond donors (Lipinski definition) is 2. The van der Waals surface area contributed by atoms with Crippen molar-refractivity contribution in [2.45, 2.75) is 18.6 Å². The number of hydrogen-bond acceptors (Lipinski definition) is 5. The Hall–Kier alpha value is -1.46. The summed E-state index contributed by atoms with van der Waals surface area (Å²) in [7, 11) is 1.65. The van der Waals surface area contributed by atoms with Gasteiger partial charge in [0.05, 0.1) is 17.7 Å². The van der Waals surface area contributed by atoms with Crippen molar-refractivity contribution in [3.8, 4) is 0 Å². The molecule has 86 valence electrons. The number of pyridine rings is 1. The Labute approximate surface area is 94.0 Å². The second-order valence-corrected chi connectivity index (χ2v) is 3.85. The molecule has 1 aliphatic rings. The van der Waals surface area contributed by atoms with Crippen LogP contribution >= 0.6 is 0 Å². The molecule has 0 radical (unpaired) electrons. The van der Waals surface area contributed by atoms with Crippen molar-refractivity contribution in [1.82, 2.24) is 10.3 Å². The third-order valence-electron chi connectivity index (χ3n) is 2.84. The molecule has 0 saturated carbocycles. The Bertz CT molecular complexity index is 395. The second kappa shape index (κ2) is 4.59. The largest absolute Gasteiger partial charge is 0.383 e. The minimum Gasteiger partial charge on any atom is -0.383 e. The monoisotopic (exact) mass is 221 g/mol. The van der Waals surface area contributed by atoms with E-state index in [1.54, 1.807) is 25.4 Å². The summed E-state index contributed by atoms with van der Waals surface area (Å²) in [6, 6.07) is 3.20. The Morgan fingerprint density at radius 2 is 2.50 bits per heavy atom. The van der Waals surface area contributed by atoms with Crippen LogP contribution < -0.4 is 11.1 Å². The second-order valence-electron chi connectivity index (χ2n) is 3.85. The molecule has 1 fully saturated rings. The molecule has 0 aromatic carbocycles. The SMILES string of the molecule is COC1CNC(C(=O)c2cccnc2N)C1. The van der Waals surface area contributed by atoms with Gasteiger partial charge in [-0.3, -0.25) is 4.79 Å².